The van der Waals surface area contributed by atoms with Crippen LogP contribution in [0, 0.1) is 0 Å². The minimum atomic E-state index is -0.980. The van der Waals surface area contributed by atoms with Crippen molar-refractivity contribution in [1.82, 2.24) is 5.43 Å². The van der Waals surface area contributed by atoms with Crippen molar-refractivity contribution < 1.29 is 23.9 Å². The Morgan fingerprint density at radius 2 is 1.71 bits per heavy atom. The second-order valence-electron chi connectivity index (χ2n) is 7.03. The normalized spacial score (nSPS) is 10.6. The number of nitrogens with two attached hydrogens (primary N) is 1. The predicted molar refractivity (Wildman–Crippen MR) is 133 cm³/mol. The Morgan fingerprint density at radius 3 is 2.37 bits per heavy atom. The number of benzene rings is 3. The number of hydrazone groups is 1. The zero-order valence-electron chi connectivity index (χ0n) is 18.4. The number of methoxy groups -OCH3 is 1. The molecule has 3 rings (SSSR count). The molecule has 9 nitrogen and oxygen atoms in total. The zero-order valence-corrected chi connectivity index (χ0v) is 19.9. The fourth-order valence-corrected chi connectivity index (χ4v) is 3.26. The Balaban J connectivity index is 1.56. The topological polar surface area (TPSA) is 132 Å². The molecule has 0 saturated heterocycles. The molecule has 180 valence electrons. The van der Waals surface area contributed by atoms with Crippen LogP contribution >= 0.6 is 23.2 Å². The first-order valence-corrected chi connectivity index (χ1v) is 10.8. The molecule has 0 radical (unpaired) electrons. The summed E-state index contributed by atoms with van der Waals surface area (Å²) in [6.07, 6.45) is 1.34. The predicted octanol–water partition coefficient (Wildman–Crippen LogP) is 3.77. The number of primary amides is 1. The third-order valence-electron chi connectivity index (χ3n) is 4.60. The lowest BCUT2D eigenvalue weighted by molar-refractivity contribution is -0.136. The molecule has 0 atom stereocenters. The van der Waals surface area contributed by atoms with Crippen LogP contribution in [0.4, 0.5) is 5.69 Å². The SMILES string of the molecule is COc1cc(/C=N/NC(=O)C(=O)Nc2ccc(C(N)=O)cc2)ccc1OCc1ccc(Cl)cc1Cl. The van der Waals surface area contributed by atoms with Gasteiger partial charge in [-0.25, -0.2) is 5.43 Å². The first-order valence-electron chi connectivity index (χ1n) is 10.1. The van der Waals surface area contributed by atoms with Gasteiger partial charge in [-0.15, -0.1) is 0 Å². The molecule has 0 aliphatic rings. The molecule has 0 saturated carbocycles. The van der Waals surface area contributed by atoms with Gasteiger partial charge in [-0.3, -0.25) is 14.4 Å². The van der Waals surface area contributed by atoms with E-state index in [1.807, 2.05) is 0 Å². The van der Waals surface area contributed by atoms with Gasteiger partial charge in [0.05, 0.1) is 13.3 Å². The fraction of sp³-hybridized carbons (Fsp3) is 0.0833. The Hall–Kier alpha value is -4.08. The Bertz CT molecular complexity index is 1280. The van der Waals surface area contributed by atoms with E-state index in [4.69, 9.17) is 38.4 Å². The van der Waals surface area contributed by atoms with Crippen LogP contribution in [-0.2, 0) is 16.2 Å². The van der Waals surface area contributed by atoms with Crippen LogP contribution in [0.15, 0.2) is 65.8 Å². The fourth-order valence-electron chi connectivity index (χ4n) is 2.80. The number of nitrogens with zero attached hydrogens (tertiary/aromatic N) is 1. The molecule has 0 bridgehead atoms. The number of hydrogen-bond acceptors (Lipinski definition) is 6. The highest BCUT2D eigenvalue weighted by Gasteiger charge is 2.13. The van der Waals surface area contributed by atoms with E-state index in [1.165, 1.54) is 37.6 Å². The highest BCUT2D eigenvalue weighted by Crippen LogP contribution is 2.29. The third kappa shape index (κ3) is 7.20. The molecule has 0 heterocycles. The van der Waals surface area contributed by atoms with Gasteiger partial charge in [-0.1, -0.05) is 29.3 Å². The number of anilines is 1. The maximum absolute atomic E-state index is 12.0. The smallest absolute Gasteiger partial charge is 0.329 e. The summed E-state index contributed by atoms with van der Waals surface area (Å²) in [6, 6.07) is 15.9. The van der Waals surface area contributed by atoms with Gasteiger partial charge >= 0.3 is 11.8 Å². The molecular formula is C24H20Cl2N4O5. The molecule has 0 spiro atoms. The van der Waals surface area contributed by atoms with Crippen molar-refractivity contribution in [3.63, 3.8) is 0 Å². The molecule has 11 heteroatoms. The van der Waals surface area contributed by atoms with Crippen molar-refractivity contribution in [3.05, 3.63) is 87.4 Å². The Kier molecular flexibility index (Phi) is 8.66. The molecule has 0 fully saturated rings. The molecule has 3 aromatic carbocycles. The monoisotopic (exact) mass is 514 g/mol. The van der Waals surface area contributed by atoms with E-state index in [-0.39, 0.29) is 12.2 Å². The van der Waals surface area contributed by atoms with Crippen molar-refractivity contribution in [3.8, 4) is 11.5 Å². The van der Waals surface area contributed by atoms with Crippen LogP contribution in [-0.4, -0.2) is 31.0 Å². The number of ether oxygens (including phenoxy) is 2. The second-order valence-corrected chi connectivity index (χ2v) is 7.87. The number of halogens is 2. The summed E-state index contributed by atoms with van der Waals surface area (Å²) in [5.74, 6) is -1.61. The Labute approximate surface area is 210 Å². The molecule has 4 N–H and O–H groups in total. The van der Waals surface area contributed by atoms with Gasteiger partial charge in [0.15, 0.2) is 11.5 Å². The van der Waals surface area contributed by atoms with E-state index in [0.29, 0.717) is 32.8 Å². The third-order valence-corrected chi connectivity index (χ3v) is 5.19. The van der Waals surface area contributed by atoms with Gasteiger partial charge in [0, 0.05) is 26.9 Å². The first-order chi connectivity index (χ1) is 16.8. The molecule has 0 aliphatic heterocycles. The number of rotatable bonds is 8. The molecule has 0 aromatic heterocycles. The van der Waals surface area contributed by atoms with Gasteiger partial charge in [0.1, 0.15) is 6.61 Å². The summed E-state index contributed by atoms with van der Waals surface area (Å²) in [6.45, 7) is 0.205. The van der Waals surface area contributed by atoms with Crippen LogP contribution in [0.25, 0.3) is 0 Å². The maximum atomic E-state index is 12.0. The van der Waals surface area contributed by atoms with E-state index >= 15 is 0 Å². The van der Waals surface area contributed by atoms with Crippen LogP contribution in [0.5, 0.6) is 11.5 Å². The van der Waals surface area contributed by atoms with E-state index < -0.39 is 17.7 Å². The highest BCUT2D eigenvalue weighted by atomic mass is 35.5. The largest absolute Gasteiger partial charge is 0.493 e. The minimum absolute atomic E-state index is 0.205. The number of carbonyl (C=O) groups excluding carboxylic acids is 3. The molecule has 0 unspecified atom stereocenters. The number of hydrogen-bond donors (Lipinski definition) is 3. The average Bonchev–Trinajstić information content (AvgIpc) is 2.84. The standard InChI is InChI=1S/C24H20Cl2N4O5/c1-34-21-10-14(2-9-20(21)35-13-16-3-6-17(25)11-19(16)26)12-28-30-24(33)23(32)29-18-7-4-15(5-8-18)22(27)31/h2-12H,13H2,1H3,(H2,27,31)(H,29,32)(H,30,33)/b28-12+. The lowest BCUT2D eigenvalue weighted by Crippen LogP contribution is -2.32. The van der Waals surface area contributed by atoms with Gasteiger partial charge in [-0.2, -0.15) is 5.10 Å². The molecule has 3 amide bonds. The van der Waals surface area contributed by atoms with Gasteiger partial charge in [0.25, 0.3) is 0 Å². The van der Waals surface area contributed by atoms with Crippen molar-refractivity contribution >= 4 is 52.8 Å². The molecule has 0 aliphatic carbocycles. The van der Waals surface area contributed by atoms with Crippen LogP contribution in [0.2, 0.25) is 10.0 Å². The van der Waals surface area contributed by atoms with Crippen molar-refractivity contribution in [2.24, 2.45) is 10.8 Å². The number of nitrogens with one attached hydrogen (secondary N) is 2. The molecule has 35 heavy (non-hydrogen) atoms. The van der Waals surface area contributed by atoms with Crippen molar-refractivity contribution in [1.29, 1.82) is 0 Å². The quantitative estimate of drug-likeness (QED) is 0.239. The lowest BCUT2D eigenvalue weighted by atomic mass is 10.2. The van der Waals surface area contributed by atoms with Crippen LogP contribution in [0.1, 0.15) is 21.5 Å². The minimum Gasteiger partial charge on any atom is -0.493 e. The Morgan fingerprint density at radius 1 is 0.971 bits per heavy atom. The summed E-state index contributed by atoms with van der Waals surface area (Å²) >= 11 is 12.1. The first kappa shape index (κ1) is 25.5. The molecular weight excluding hydrogens is 495 g/mol. The number of amides is 3. The summed E-state index contributed by atoms with van der Waals surface area (Å²) in [5.41, 5.74) is 9.24. The van der Waals surface area contributed by atoms with Crippen molar-refractivity contribution in [2.75, 3.05) is 12.4 Å². The summed E-state index contributed by atoms with van der Waals surface area (Å²) in [4.78, 5) is 35.1. The van der Waals surface area contributed by atoms with E-state index in [0.717, 1.165) is 5.56 Å². The van der Waals surface area contributed by atoms with E-state index in [1.54, 1.807) is 36.4 Å². The average molecular weight is 515 g/mol. The van der Waals surface area contributed by atoms with E-state index in [2.05, 4.69) is 15.8 Å². The summed E-state index contributed by atoms with van der Waals surface area (Å²) < 4.78 is 11.2. The number of carbonyl (C=O) groups is 3. The summed E-state index contributed by atoms with van der Waals surface area (Å²) in [5, 5.41) is 7.19. The summed E-state index contributed by atoms with van der Waals surface area (Å²) in [7, 11) is 1.49. The lowest BCUT2D eigenvalue weighted by Gasteiger charge is -2.12. The van der Waals surface area contributed by atoms with Crippen molar-refractivity contribution in [2.45, 2.75) is 6.61 Å². The molecule has 3 aromatic rings. The zero-order chi connectivity index (χ0) is 25.4. The highest BCUT2D eigenvalue weighted by molar-refractivity contribution is 6.39. The maximum Gasteiger partial charge on any atom is 0.329 e. The van der Waals surface area contributed by atoms with Gasteiger partial charge in [0.2, 0.25) is 5.91 Å². The van der Waals surface area contributed by atoms with Crippen LogP contribution < -0.4 is 25.9 Å². The van der Waals surface area contributed by atoms with Gasteiger partial charge < -0.3 is 20.5 Å². The van der Waals surface area contributed by atoms with Crippen LogP contribution in [0.3, 0.4) is 0 Å². The van der Waals surface area contributed by atoms with E-state index in [9.17, 15) is 14.4 Å². The van der Waals surface area contributed by atoms with Gasteiger partial charge in [-0.05, 0) is 60.2 Å². The second kappa shape index (κ2) is 11.9.